The number of nitrogens with two attached hydrogens (primary N) is 1. The van der Waals surface area contributed by atoms with Crippen molar-refractivity contribution in [3.8, 4) is 0 Å². The second-order valence-corrected chi connectivity index (χ2v) is 7.13. The summed E-state index contributed by atoms with van der Waals surface area (Å²) in [6.45, 7) is 12.0. The number of hydrogen-bond acceptors (Lipinski definition) is 3. The molecule has 0 aromatic rings. The zero-order chi connectivity index (χ0) is 13.3. The molecule has 3 atom stereocenters. The highest BCUT2D eigenvalue weighted by Gasteiger charge is 2.37. The fourth-order valence-corrected chi connectivity index (χ4v) is 3.56. The highest BCUT2D eigenvalue weighted by molar-refractivity contribution is 4.93. The Kier molecular flexibility index (Phi) is 4.35. The molecule has 0 spiro atoms. The van der Waals surface area contributed by atoms with E-state index in [-0.39, 0.29) is 5.60 Å². The van der Waals surface area contributed by atoms with Crippen molar-refractivity contribution < 1.29 is 4.74 Å². The van der Waals surface area contributed by atoms with Gasteiger partial charge in [0.05, 0.1) is 12.2 Å². The molecule has 1 aliphatic heterocycles. The molecule has 18 heavy (non-hydrogen) atoms. The van der Waals surface area contributed by atoms with Crippen LogP contribution in [0.2, 0.25) is 0 Å². The first-order valence-corrected chi connectivity index (χ1v) is 7.52. The molecule has 1 heterocycles. The topological polar surface area (TPSA) is 38.5 Å². The molecule has 1 aliphatic carbocycles. The Morgan fingerprint density at radius 3 is 2.61 bits per heavy atom. The summed E-state index contributed by atoms with van der Waals surface area (Å²) in [5.74, 6) is 1.63. The van der Waals surface area contributed by atoms with Gasteiger partial charge in [-0.3, -0.25) is 4.90 Å². The number of morpholine rings is 1. The van der Waals surface area contributed by atoms with Crippen molar-refractivity contribution in [2.75, 3.05) is 19.7 Å². The van der Waals surface area contributed by atoms with Crippen molar-refractivity contribution in [2.45, 2.75) is 64.6 Å². The Hall–Kier alpha value is -0.120. The van der Waals surface area contributed by atoms with Crippen LogP contribution in [0, 0.1) is 11.8 Å². The summed E-state index contributed by atoms with van der Waals surface area (Å²) >= 11 is 0. The van der Waals surface area contributed by atoms with Crippen molar-refractivity contribution in [1.82, 2.24) is 4.90 Å². The van der Waals surface area contributed by atoms with Gasteiger partial charge in [-0.2, -0.15) is 0 Å². The van der Waals surface area contributed by atoms with Gasteiger partial charge >= 0.3 is 0 Å². The summed E-state index contributed by atoms with van der Waals surface area (Å²) in [6, 6.07) is 0.920. The zero-order valence-electron chi connectivity index (χ0n) is 12.5. The summed E-state index contributed by atoms with van der Waals surface area (Å²) in [4.78, 5) is 2.59. The van der Waals surface area contributed by atoms with Crippen molar-refractivity contribution in [3.63, 3.8) is 0 Å². The van der Waals surface area contributed by atoms with E-state index in [1.807, 2.05) is 0 Å². The van der Waals surface area contributed by atoms with Crippen LogP contribution in [-0.2, 0) is 4.74 Å². The van der Waals surface area contributed by atoms with Gasteiger partial charge in [-0.15, -0.1) is 0 Å². The summed E-state index contributed by atoms with van der Waals surface area (Å²) in [5.41, 5.74) is 6.37. The molecule has 0 aromatic carbocycles. The minimum atomic E-state index is -0.0112. The van der Waals surface area contributed by atoms with E-state index < -0.39 is 0 Å². The lowest BCUT2D eigenvalue weighted by molar-refractivity contribution is -0.105. The van der Waals surface area contributed by atoms with E-state index in [2.05, 4.69) is 32.6 Å². The number of ether oxygens (including phenoxy) is 1. The minimum absolute atomic E-state index is 0.0112. The van der Waals surface area contributed by atoms with E-state index in [0.717, 1.165) is 31.5 Å². The van der Waals surface area contributed by atoms with Crippen LogP contribution in [0.15, 0.2) is 0 Å². The Bertz CT molecular complexity index is 278. The normalized spacial score (nSPS) is 38.0. The summed E-state index contributed by atoms with van der Waals surface area (Å²) in [7, 11) is 0. The van der Waals surface area contributed by atoms with Crippen LogP contribution >= 0.6 is 0 Å². The quantitative estimate of drug-likeness (QED) is 0.821. The minimum Gasteiger partial charge on any atom is -0.373 e. The fourth-order valence-electron chi connectivity index (χ4n) is 3.56. The maximum absolute atomic E-state index is 6.38. The van der Waals surface area contributed by atoms with Crippen molar-refractivity contribution in [1.29, 1.82) is 0 Å². The van der Waals surface area contributed by atoms with E-state index in [1.54, 1.807) is 0 Å². The second kappa shape index (κ2) is 5.48. The molecule has 0 bridgehead atoms. The van der Waals surface area contributed by atoms with E-state index >= 15 is 0 Å². The van der Waals surface area contributed by atoms with Crippen molar-refractivity contribution in [2.24, 2.45) is 17.6 Å². The van der Waals surface area contributed by atoms with Gasteiger partial charge in [0.2, 0.25) is 0 Å². The molecule has 2 N–H and O–H groups in total. The van der Waals surface area contributed by atoms with E-state index in [4.69, 9.17) is 10.5 Å². The third kappa shape index (κ3) is 3.25. The molecular weight excluding hydrogens is 224 g/mol. The SMILES string of the molecule is CC(C)C1CCC(N)C(N2CCOC(C)(C)C2)C1. The molecule has 3 unspecified atom stereocenters. The molecule has 3 nitrogen and oxygen atoms in total. The molecule has 2 rings (SSSR count). The maximum atomic E-state index is 6.38. The van der Waals surface area contributed by atoms with Crippen molar-refractivity contribution >= 4 is 0 Å². The highest BCUT2D eigenvalue weighted by Crippen LogP contribution is 2.33. The van der Waals surface area contributed by atoms with Gasteiger partial charge in [-0.1, -0.05) is 13.8 Å². The van der Waals surface area contributed by atoms with E-state index in [0.29, 0.717) is 12.1 Å². The average Bonchev–Trinajstić information content (AvgIpc) is 2.27. The molecule has 1 saturated carbocycles. The second-order valence-electron chi connectivity index (χ2n) is 7.13. The first-order chi connectivity index (χ1) is 8.39. The monoisotopic (exact) mass is 254 g/mol. The third-order valence-electron chi connectivity index (χ3n) is 4.78. The first-order valence-electron chi connectivity index (χ1n) is 7.52. The molecule has 0 aromatic heterocycles. The maximum Gasteiger partial charge on any atom is 0.0753 e. The van der Waals surface area contributed by atoms with Crippen LogP contribution in [0.4, 0.5) is 0 Å². The average molecular weight is 254 g/mol. The van der Waals surface area contributed by atoms with Crippen LogP contribution in [0.1, 0.15) is 47.0 Å². The largest absolute Gasteiger partial charge is 0.373 e. The summed E-state index contributed by atoms with van der Waals surface area (Å²) in [5, 5.41) is 0. The van der Waals surface area contributed by atoms with Gasteiger partial charge in [-0.25, -0.2) is 0 Å². The lowest BCUT2D eigenvalue weighted by Gasteiger charge is -2.47. The van der Waals surface area contributed by atoms with Crippen LogP contribution in [0.3, 0.4) is 0 Å². The molecular formula is C15H30N2O. The third-order valence-corrected chi connectivity index (χ3v) is 4.78. The van der Waals surface area contributed by atoms with Crippen molar-refractivity contribution in [3.05, 3.63) is 0 Å². The molecule has 106 valence electrons. The van der Waals surface area contributed by atoms with Gasteiger partial charge < -0.3 is 10.5 Å². The summed E-state index contributed by atoms with van der Waals surface area (Å²) < 4.78 is 5.81. The zero-order valence-corrected chi connectivity index (χ0v) is 12.5. The van der Waals surface area contributed by atoms with Crippen LogP contribution in [-0.4, -0.2) is 42.3 Å². The van der Waals surface area contributed by atoms with E-state index in [9.17, 15) is 0 Å². The highest BCUT2D eigenvalue weighted by atomic mass is 16.5. The lowest BCUT2D eigenvalue weighted by atomic mass is 9.76. The van der Waals surface area contributed by atoms with Gasteiger partial charge in [0.25, 0.3) is 0 Å². The molecule has 2 fully saturated rings. The number of hydrogen-bond donors (Lipinski definition) is 1. The van der Waals surface area contributed by atoms with Gasteiger partial charge in [-0.05, 0) is 44.9 Å². The fraction of sp³-hybridized carbons (Fsp3) is 1.00. The Morgan fingerprint density at radius 2 is 2.00 bits per heavy atom. The van der Waals surface area contributed by atoms with Crippen LogP contribution in [0.25, 0.3) is 0 Å². The molecule has 0 amide bonds. The van der Waals surface area contributed by atoms with E-state index in [1.165, 1.54) is 19.3 Å². The Morgan fingerprint density at radius 1 is 1.28 bits per heavy atom. The lowest BCUT2D eigenvalue weighted by Crippen LogP contribution is -2.58. The Balaban J connectivity index is 2.01. The van der Waals surface area contributed by atoms with Gasteiger partial charge in [0.1, 0.15) is 0 Å². The molecule has 3 heteroatoms. The number of nitrogens with zero attached hydrogens (tertiary/aromatic N) is 1. The smallest absolute Gasteiger partial charge is 0.0753 e. The first kappa shape index (κ1) is 14.3. The standard InChI is InChI=1S/C15H30N2O/c1-11(2)12-5-6-13(16)14(9-12)17-7-8-18-15(3,4)10-17/h11-14H,5-10,16H2,1-4H3. The molecule has 2 aliphatic rings. The van der Waals surface area contributed by atoms with Crippen LogP contribution < -0.4 is 5.73 Å². The predicted molar refractivity (Wildman–Crippen MR) is 75.5 cm³/mol. The Labute approximate surface area is 112 Å². The van der Waals surface area contributed by atoms with Gasteiger partial charge in [0, 0.05) is 25.2 Å². The molecule has 0 radical (unpaired) electrons. The predicted octanol–water partition coefficient (Wildman–Crippen LogP) is 2.25. The van der Waals surface area contributed by atoms with Crippen LogP contribution in [0.5, 0.6) is 0 Å². The molecule has 1 saturated heterocycles. The summed E-state index contributed by atoms with van der Waals surface area (Å²) in [6.07, 6.45) is 3.77. The van der Waals surface area contributed by atoms with Gasteiger partial charge in [0.15, 0.2) is 0 Å². The number of rotatable bonds is 2.